The van der Waals surface area contributed by atoms with Gasteiger partial charge in [0.05, 0.1) is 19.8 Å². The molecule has 0 N–H and O–H groups in total. The number of piperazine rings is 2. The third-order valence-electron chi connectivity index (χ3n) is 5.65. The summed E-state index contributed by atoms with van der Waals surface area (Å²) in [5, 5.41) is 0. The van der Waals surface area contributed by atoms with E-state index in [2.05, 4.69) is 56.2 Å². The highest BCUT2D eigenvalue weighted by atomic mass is 16.5. The number of hydrogen-bond acceptors (Lipinski definition) is 5. The van der Waals surface area contributed by atoms with Gasteiger partial charge in [-0.1, -0.05) is 0 Å². The average molecular weight is 369 g/mol. The third kappa shape index (κ3) is 6.48. The fourth-order valence-electron chi connectivity index (χ4n) is 3.63. The predicted molar refractivity (Wildman–Crippen MR) is 106 cm³/mol. The normalized spacial score (nSPS) is 22.2. The molecule has 0 bridgehead atoms. The van der Waals surface area contributed by atoms with Crippen LogP contribution in [-0.4, -0.2) is 109 Å². The molecule has 2 heterocycles. The van der Waals surface area contributed by atoms with E-state index in [1.165, 1.54) is 0 Å². The van der Waals surface area contributed by atoms with Gasteiger partial charge < -0.3 is 9.64 Å². The van der Waals surface area contributed by atoms with Crippen LogP contribution in [0.4, 0.5) is 0 Å². The van der Waals surface area contributed by atoms with Crippen LogP contribution in [0.25, 0.3) is 0 Å². The van der Waals surface area contributed by atoms with E-state index in [-0.39, 0.29) is 17.0 Å². The molecule has 2 aliphatic rings. The molecule has 2 saturated heterocycles. The highest BCUT2D eigenvalue weighted by Gasteiger charge is 2.30. The second-order valence-corrected chi connectivity index (χ2v) is 9.59. The molecule has 0 radical (unpaired) electrons. The quantitative estimate of drug-likeness (QED) is 0.662. The molecule has 0 spiro atoms. The number of carbonyl (C=O) groups is 1. The van der Waals surface area contributed by atoms with E-state index in [1.807, 2.05) is 4.90 Å². The maximum absolute atomic E-state index is 12.3. The third-order valence-corrected chi connectivity index (χ3v) is 5.65. The summed E-state index contributed by atoms with van der Waals surface area (Å²) in [5.41, 5.74) is 0.335. The monoisotopic (exact) mass is 368 g/mol. The molecule has 2 fully saturated rings. The molecule has 0 unspecified atom stereocenters. The summed E-state index contributed by atoms with van der Waals surface area (Å²) in [4.78, 5) is 21.5. The molecule has 2 aliphatic heterocycles. The number of ether oxygens (including phenoxy) is 1. The second-order valence-electron chi connectivity index (χ2n) is 9.59. The molecule has 0 saturated carbocycles. The van der Waals surface area contributed by atoms with E-state index in [9.17, 15) is 4.79 Å². The molecule has 0 aromatic heterocycles. The Morgan fingerprint density at radius 3 is 1.85 bits per heavy atom. The smallest absolute Gasteiger partial charge is 0.236 e. The first-order valence-electron chi connectivity index (χ1n) is 10.2. The first-order chi connectivity index (χ1) is 12.1. The van der Waals surface area contributed by atoms with Crippen molar-refractivity contribution in [3.05, 3.63) is 0 Å². The van der Waals surface area contributed by atoms with Gasteiger partial charge in [0.15, 0.2) is 0 Å². The minimum atomic E-state index is 0.0647. The number of rotatable bonds is 6. The largest absolute Gasteiger partial charge is 0.378 e. The van der Waals surface area contributed by atoms with Crippen LogP contribution in [0.3, 0.4) is 0 Å². The van der Waals surface area contributed by atoms with Gasteiger partial charge in [-0.2, -0.15) is 0 Å². The van der Waals surface area contributed by atoms with Crippen LogP contribution in [-0.2, 0) is 9.53 Å². The van der Waals surface area contributed by atoms with E-state index in [0.29, 0.717) is 19.7 Å². The average Bonchev–Trinajstić information content (AvgIpc) is 2.54. The summed E-state index contributed by atoms with van der Waals surface area (Å²) in [6, 6.07) is 0. The van der Waals surface area contributed by atoms with Gasteiger partial charge in [-0.05, 0) is 41.5 Å². The molecule has 0 aromatic rings. The number of amides is 1. The maximum Gasteiger partial charge on any atom is 0.236 e. The minimum Gasteiger partial charge on any atom is -0.378 e. The molecular weight excluding hydrogens is 328 g/mol. The van der Waals surface area contributed by atoms with Crippen LogP contribution in [0.1, 0.15) is 41.5 Å². The van der Waals surface area contributed by atoms with Crippen molar-refractivity contribution in [1.82, 2.24) is 19.6 Å². The van der Waals surface area contributed by atoms with Crippen LogP contribution in [0.15, 0.2) is 0 Å². The summed E-state index contributed by atoms with van der Waals surface area (Å²) < 4.78 is 5.81. The van der Waals surface area contributed by atoms with Crippen molar-refractivity contribution in [3.8, 4) is 0 Å². The van der Waals surface area contributed by atoms with Gasteiger partial charge in [-0.3, -0.25) is 19.5 Å². The number of hydrogen-bond donors (Lipinski definition) is 0. The SMILES string of the molecule is CC(C)(C)N1CCN(CCOCCN2CCN(C(C)(C)C)CC2=O)CC1. The van der Waals surface area contributed by atoms with Crippen LogP contribution in [0.5, 0.6) is 0 Å². The van der Waals surface area contributed by atoms with Crippen LogP contribution < -0.4 is 0 Å². The topological polar surface area (TPSA) is 39.3 Å². The van der Waals surface area contributed by atoms with E-state index in [1.54, 1.807) is 0 Å². The Labute approximate surface area is 160 Å². The van der Waals surface area contributed by atoms with Crippen LogP contribution >= 0.6 is 0 Å². The Bertz CT molecular complexity index is 448. The first kappa shape index (κ1) is 21.6. The molecule has 0 atom stereocenters. The fourth-order valence-corrected chi connectivity index (χ4v) is 3.63. The van der Waals surface area contributed by atoms with Crippen LogP contribution in [0, 0.1) is 0 Å². The van der Waals surface area contributed by atoms with Gasteiger partial charge in [0.25, 0.3) is 0 Å². The first-order valence-corrected chi connectivity index (χ1v) is 10.2. The van der Waals surface area contributed by atoms with E-state index >= 15 is 0 Å². The Hall–Kier alpha value is -0.690. The second kappa shape index (κ2) is 9.00. The number of nitrogens with zero attached hydrogens (tertiary/aromatic N) is 4. The van der Waals surface area contributed by atoms with Gasteiger partial charge in [0.2, 0.25) is 5.91 Å². The summed E-state index contributed by atoms with van der Waals surface area (Å²) in [6.07, 6.45) is 0. The lowest BCUT2D eigenvalue weighted by molar-refractivity contribution is -0.139. The molecular formula is C20H40N4O2. The highest BCUT2D eigenvalue weighted by Crippen LogP contribution is 2.17. The van der Waals surface area contributed by atoms with Crippen LogP contribution in [0.2, 0.25) is 0 Å². The van der Waals surface area contributed by atoms with Gasteiger partial charge in [-0.25, -0.2) is 0 Å². The van der Waals surface area contributed by atoms with Gasteiger partial charge in [-0.15, -0.1) is 0 Å². The summed E-state index contributed by atoms with van der Waals surface area (Å²) in [7, 11) is 0. The number of carbonyl (C=O) groups excluding carboxylic acids is 1. The molecule has 1 amide bonds. The standard InChI is InChI=1S/C20H40N4O2/c1-19(2,3)23-10-7-21(8-11-23)13-15-26-16-14-22-9-12-24(17-18(22)25)20(4,5)6/h7-17H2,1-6H3. The van der Waals surface area contributed by atoms with Crippen molar-refractivity contribution in [3.63, 3.8) is 0 Å². The molecule has 0 aromatic carbocycles. The molecule has 6 nitrogen and oxygen atoms in total. The van der Waals surface area contributed by atoms with E-state index < -0.39 is 0 Å². The zero-order chi connectivity index (χ0) is 19.4. The molecule has 6 heteroatoms. The Morgan fingerprint density at radius 2 is 1.31 bits per heavy atom. The van der Waals surface area contributed by atoms with E-state index in [4.69, 9.17) is 4.74 Å². The zero-order valence-electron chi connectivity index (χ0n) is 17.9. The van der Waals surface area contributed by atoms with E-state index in [0.717, 1.165) is 52.4 Å². The van der Waals surface area contributed by atoms with Crippen molar-refractivity contribution in [2.75, 3.05) is 72.1 Å². The predicted octanol–water partition coefficient (Wildman–Crippen LogP) is 1.36. The van der Waals surface area contributed by atoms with Crippen molar-refractivity contribution in [2.24, 2.45) is 0 Å². The van der Waals surface area contributed by atoms with Gasteiger partial charge in [0, 0.05) is 63.4 Å². The molecule has 26 heavy (non-hydrogen) atoms. The van der Waals surface area contributed by atoms with Gasteiger partial charge in [0.1, 0.15) is 0 Å². The lowest BCUT2D eigenvalue weighted by Gasteiger charge is -2.42. The van der Waals surface area contributed by atoms with Gasteiger partial charge >= 0.3 is 0 Å². The molecule has 2 rings (SSSR count). The van der Waals surface area contributed by atoms with Crippen molar-refractivity contribution in [1.29, 1.82) is 0 Å². The lowest BCUT2D eigenvalue weighted by Crippen LogP contribution is -2.56. The summed E-state index contributed by atoms with van der Waals surface area (Å²) >= 11 is 0. The Morgan fingerprint density at radius 1 is 0.769 bits per heavy atom. The van der Waals surface area contributed by atoms with Crippen molar-refractivity contribution in [2.45, 2.75) is 52.6 Å². The van der Waals surface area contributed by atoms with Crippen molar-refractivity contribution < 1.29 is 9.53 Å². The summed E-state index contributed by atoms with van der Waals surface area (Å²) in [5.74, 6) is 0.230. The lowest BCUT2D eigenvalue weighted by atomic mass is 10.0. The Kier molecular flexibility index (Phi) is 7.48. The van der Waals surface area contributed by atoms with Crippen molar-refractivity contribution >= 4 is 5.91 Å². The minimum absolute atomic E-state index is 0.0647. The highest BCUT2D eigenvalue weighted by molar-refractivity contribution is 5.79. The molecule has 0 aliphatic carbocycles. The Balaban J connectivity index is 1.56. The molecule has 152 valence electrons. The summed E-state index contributed by atoms with van der Waals surface area (Å²) in [6.45, 7) is 23.3. The fraction of sp³-hybridized carbons (Fsp3) is 0.950. The zero-order valence-corrected chi connectivity index (χ0v) is 17.9. The maximum atomic E-state index is 12.3.